The van der Waals surface area contributed by atoms with Crippen LogP contribution in [0.2, 0.25) is 0 Å². The van der Waals surface area contributed by atoms with Gasteiger partial charge in [0.1, 0.15) is 5.82 Å². The minimum absolute atomic E-state index is 0.166. The molecule has 0 aromatic carbocycles. The number of nitrogens with one attached hydrogen (secondary N) is 1. The van der Waals surface area contributed by atoms with E-state index < -0.39 is 0 Å². The van der Waals surface area contributed by atoms with Gasteiger partial charge in [-0.15, -0.1) is 0 Å². The van der Waals surface area contributed by atoms with Gasteiger partial charge < -0.3 is 15.8 Å². The lowest BCUT2D eigenvalue weighted by atomic mass is 9.90. The van der Waals surface area contributed by atoms with Gasteiger partial charge in [0.05, 0.1) is 11.4 Å². The second-order valence-electron chi connectivity index (χ2n) is 5.45. The predicted molar refractivity (Wildman–Crippen MR) is 75.8 cm³/mol. The normalized spacial score (nSPS) is 11.8. The molecule has 0 unspecified atom stereocenters. The SMILES string of the molecule is CCc1nn(C)c(NCC(C)(C)CCOC)c1N. The van der Waals surface area contributed by atoms with Crippen LogP contribution in [-0.4, -0.2) is 30.0 Å². The molecule has 3 N–H and O–H groups in total. The minimum atomic E-state index is 0.166. The second kappa shape index (κ2) is 6.09. The van der Waals surface area contributed by atoms with Crippen molar-refractivity contribution in [2.75, 3.05) is 31.3 Å². The highest BCUT2D eigenvalue weighted by Crippen LogP contribution is 2.26. The Hall–Kier alpha value is -1.23. The van der Waals surface area contributed by atoms with E-state index in [9.17, 15) is 0 Å². The van der Waals surface area contributed by atoms with Crippen molar-refractivity contribution < 1.29 is 4.74 Å². The summed E-state index contributed by atoms with van der Waals surface area (Å²) < 4.78 is 6.95. The van der Waals surface area contributed by atoms with Crippen LogP contribution < -0.4 is 11.1 Å². The number of aromatic nitrogens is 2. The van der Waals surface area contributed by atoms with E-state index in [1.807, 2.05) is 11.7 Å². The maximum Gasteiger partial charge on any atom is 0.147 e. The van der Waals surface area contributed by atoms with Gasteiger partial charge in [-0.05, 0) is 18.3 Å². The average molecular weight is 254 g/mol. The third-order valence-electron chi connectivity index (χ3n) is 3.21. The van der Waals surface area contributed by atoms with Crippen molar-refractivity contribution in [2.24, 2.45) is 12.5 Å². The number of nitrogen functional groups attached to an aromatic ring is 1. The first kappa shape index (κ1) is 14.8. The molecular weight excluding hydrogens is 228 g/mol. The van der Waals surface area contributed by atoms with E-state index in [0.29, 0.717) is 0 Å². The van der Waals surface area contributed by atoms with Crippen molar-refractivity contribution in [1.82, 2.24) is 9.78 Å². The Labute approximate surface area is 110 Å². The van der Waals surface area contributed by atoms with E-state index in [1.54, 1.807) is 7.11 Å². The van der Waals surface area contributed by atoms with Crippen LogP contribution in [-0.2, 0) is 18.2 Å². The molecular formula is C13H26N4O. The average Bonchev–Trinajstić information content (AvgIpc) is 2.59. The van der Waals surface area contributed by atoms with Crippen LogP contribution in [0.5, 0.6) is 0 Å². The summed E-state index contributed by atoms with van der Waals surface area (Å²) in [4.78, 5) is 0. The number of rotatable bonds is 7. The molecule has 5 heteroatoms. The standard InChI is InChI=1S/C13H26N4O/c1-6-10-11(14)12(17(4)16-10)15-9-13(2,3)7-8-18-5/h15H,6-9,14H2,1-5H3. The van der Waals surface area contributed by atoms with Crippen molar-refractivity contribution in [3.05, 3.63) is 5.69 Å². The van der Waals surface area contributed by atoms with Gasteiger partial charge in [0.15, 0.2) is 0 Å². The molecule has 0 radical (unpaired) electrons. The molecule has 0 saturated heterocycles. The predicted octanol–water partition coefficient (Wildman–Crippen LogP) is 2.04. The zero-order valence-corrected chi connectivity index (χ0v) is 12.2. The van der Waals surface area contributed by atoms with Gasteiger partial charge >= 0.3 is 0 Å². The highest BCUT2D eigenvalue weighted by Gasteiger charge is 2.19. The summed E-state index contributed by atoms with van der Waals surface area (Å²) in [6.45, 7) is 8.11. The lowest BCUT2D eigenvalue weighted by Gasteiger charge is -2.25. The number of ether oxygens (including phenoxy) is 1. The van der Waals surface area contributed by atoms with E-state index in [4.69, 9.17) is 10.5 Å². The van der Waals surface area contributed by atoms with Gasteiger partial charge in [-0.25, -0.2) is 0 Å². The lowest BCUT2D eigenvalue weighted by Crippen LogP contribution is -2.25. The zero-order valence-electron chi connectivity index (χ0n) is 12.2. The molecule has 0 aliphatic heterocycles. The summed E-state index contributed by atoms with van der Waals surface area (Å²) in [7, 11) is 3.65. The molecule has 1 rings (SSSR count). The van der Waals surface area contributed by atoms with E-state index in [0.717, 1.165) is 43.2 Å². The number of anilines is 2. The first-order chi connectivity index (χ1) is 8.41. The molecule has 0 spiro atoms. The maximum atomic E-state index is 6.07. The molecule has 0 saturated carbocycles. The summed E-state index contributed by atoms with van der Waals surface area (Å²) in [5.74, 6) is 0.914. The fourth-order valence-electron chi connectivity index (χ4n) is 1.86. The molecule has 0 fully saturated rings. The minimum Gasteiger partial charge on any atom is -0.394 e. The van der Waals surface area contributed by atoms with Crippen LogP contribution in [0.15, 0.2) is 0 Å². The largest absolute Gasteiger partial charge is 0.394 e. The van der Waals surface area contributed by atoms with Gasteiger partial charge in [0.25, 0.3) is 0 Å². The Morgan fingerprint density at radius 1 is 1.44 bits per heavy atom. The number of hydrogen-bond acceptors (Lipinski definition) is 4. The molecule has 1 aromatic rings. The molecule has 0 amide bonds. The van der Waals surface area contributed by atoms with Crippen LogP contribution in [0.3, 0.4) is 0 Å². The Morgan fingerprint density at radius 2 is 2.11 bits per heavy atom. The molecule has 1 heterocycles. The third-order valence-corrected chi connectivity index (χ3v) is 3.21. The Balaban J connectivity index is 2.65. The zero-order chi connectivity index (χ0) is 13.8. The van der Waals surface area contributed by atoms with E-state index in [-0.39, 0.29) is 5.41 Å². The van der Waals surface area contributed by atoms with Crippen molar-refractivity contribution in [2.45, 2.75) is 33.6 Å². The molecule has 0 bridgehead atoms. The molecule has 5 nitrogen and oxygen atoms in total. The summed E-state index contributed by atoms with van der Waals surface area (Å²) in [5.41, 5.74) is 7.96. The quantitative estimate of drug-likeness (QED) is 0.781. The Kier molecular flexibility index (Phi) is 5.02. The Bertz CT molecular complexity index is 385. The van der Waals surface area contributed by atoms with Crippen molar-refractivity contribution in [3.8, 4) is 0 Å². The highest BCUT2D eigenvalue weighted by molar-refractivity contribution is 5.65. The molecule has 1 aromatic heterocycles. The van der Waals surface area contributed by atoms with Crippen LogP contribution in [0.1, 0.15) is 32.9 Å². The van der Waals surface area contributed by atoms with Gasteiger partial charge in [0, 0.05) is 27.3 Å². The highest BCUT2D eigenvalue weighted by atomic mass is 16.5. The Morgan fingerprint density at radius 3 is 2.61 bits per heavy atom. The van der Waals surface area contributed by atoms with Crippen LogP contribution in [0.25, 0.3) is 0 Å². The van der Waals surface area contributed by atoms with Crippen molar-refractivity contribution in [1.29, 1.82) is 0 Å². The summed E-state index contributed by atoms with van der Waals surface area (Å²) in [6.07, 6.45) is 1.86. The van der Waals surface area contributed by atoms with Crippen molar-refractivity contribution >= 4 is 11.5 Å². The second-order valence-corrected chi connectivity index (χ2v) is 5.45. The van der Waals surface area contributed by atoms with E-state index >= 15 is 0 Å². The van der Waals surface area contributed by atoms with Gasteiger partial charge in [-0.1, -0.05) is 20.8 Å². The monoisotopic (exact) mass is 254 g/mol. The third kappa shape index (κ3) is 3.63. The number of nitrogens with two attached hydrogens (primary N) is 1. The fraction of sp³-hybridized carbons (Fsp3) is 0.769. The van der Waals surface area contributed by atoms with Gasteiger partial charge in [-0.2, -0.15) is 5.10 Å². The summed E-state index contributed by atoms with van der Waals surface area (Å²) >= 11 is 0. The number of nitrogens with zero attached hydrogens (tertiary/aromatic N) is 2. The number of aryl methyl sites for hydroxylation is 2. The fourth-order valence-corrected chi connectivity index (χ4v) is 1.86. The molecule has 104 valence electrons. The number of methoxy groups -OCH3 is 1. The maximum absolute atomic E-state index is 6.07. The van der Waals surface area contributed by atoms with Crippen molar-refractivity contribution in [3.63, 3.8) is 0 Å². The molecule has 18 heavy (non-hydrogen) atoms. The van der Waals surface area contributed by atoms with E-state index in [1.165, 1.54) is 0 Å². The molecule has 0 atom stereocenters. The summed E-state index contributed by atoms with van der Waals surface area (Å²) in [6, 6.07) is 0. The number of hydrogen-bond donors (Lipinski definition) is 2. The molecule has 0 aliphatic rings. The van der Waals surface area contributed by atoms with Gasteiger partial charge in [-0.3, -0.25) is 4.68 Å². The van der Waals surface area contributed by atoms with Gasteiger partial charge in [0.2, 0.25) is 0 Å². The van der Waals surface area contributed by atoms with Crippen LogP contribution in [0.4, 0.5) is 11.5 Å². The first-order valence-corrected chi connectivity index (χ1v) is 6.45. The van der Waals surface area contributed by atoms with Crippen LogP contribution >= 0.6 is 0 Å². The lowest BCUT2D eigenvalue weighted by molar-refractivity contribution is 0.157. The summed E-state index contributed by atoms with van der Waals surface area (Å²) in [5, 5.41) is 7.80. The van der Waals surface area contributed by atoms with E-state index in [2.05, 4.69) is 31.2 Å². The van der Waals surface area contributed by atoms with Crippen LogP contribution in [0, 0.1) is 5.41 Å². The molecule has 0 aliphatic carbocycles. The topological polar surface area (TPSA) is 65.1 Å². The first-order valence-electron chi connectivity index (χ1n) is 6.45. The smallest absolute Gasteiger partial charge is 0.147 e.